The molecule has 1 aromatic rings. The number of alkyl halides is 2. The smallest absolute Gasteiger partial charge is 0.307 e. The molecule has 0 aliphatic carbocycles. The van der Waals surface area contributed by atoms with Crippen molar-refractivity contribution in [2.24, 2.45) is 0 Å². The summed E-state index contributed by atoms with van der Waals surface area (Å²) in [6, 6.07) is 0.929. The van der Waals surface area contributed by atoms with E-state index in [-0.39, 0.29) is 11.4 Å². The fourth-order valence-corrected chi connectivity index (χ4v) is 1.13. The first-order valence-corrected chi connectivity index (χ1v) is 3.86. The molecule has 0 saturated carbocycles. The number of aromatic nitrogens is 1. The minimum absolute atomic E-state index is 0.326. The van der Waals surface area contributed by atoms with Crippen LogP contribution in [0.5, 0.6) is 0 Å². The Morgan fingerprint density at radius 3 is 2.67 bits per heavy atom. The van der Waals surface area contributed by atoms with Crippen LogP contribution in [0.25, 0.3) is 0 Å². The van der Waals surface area contributed by atoms with E-state index in [1.165, 1.54) is 0 Å². The molecule has 15 heavy (non-hydrogen) atoms. The third-order valence-corrected chi connectivity index (χ3v) is 1.68. The van der Waals surface area contributed by atoms with Crippen LogP contribution in [0.15, 0.2) is 6.07 Å². The topological polar surface area (TPSA) is 76.2 Å². The second-order valence-electron chi connectivity index (χ2n) is 2.78. The van der Waals surface area contributed by atoms with Gasteiger partial charge in [0.2, 0.25) is 5.95 Å². The maximum absolute atomic E-state index is 12.9. The van der Waals surface area contributed by atoms with Gasteiger partial charge in [-0.25, -0.2) is 13.8 Å². The predicted octanol–water partition coefficient (Wildman–Crippen LogP) is 1.37. The van der Waals surface area contributed by atoms with Crippen LogP contribution in [0.3, 0.4) is 0 Å². The van der Waals surface area contributed by atoms with E-state index in [4.69, 9.17) is 10.8 Å². The number of anilines is 1. The Balaban J connectivity index is 3.26. The number of hydrogen-bond acceptors (Lipinski definition) is 3. The van der Waals surface area contributed by atoms with E-state index < -0.39 is 30.3 Å². The summed E-state index contributed by atoms with van der Waals surface area (Å²) in [4.78, 5) is 13.3. The van der Waals surface area contributed by atoms with Gasteiger partial charge in [-0.3, -0.25) is 4.79 Å². The minimum atomic E-state index is -3.12. The van der Waals surface area contributed by atoms with Crippen molar-refractivity contribution >= 4 is 11.8 Å². The highest BCUT2D eigenvalue weighted by molar-refractivity contribution is 5.71. The lowest BCUT2D eigenvalue weighted by Crippen LogP contribution is -2.09. The number of pyridine rings is 1. The lowest BCUT2D eigenvalue weighted by atomic mass is 10.1. The van der Waals surface area contributed by atoms with Crippen molar-refractivity contribution in [1.29, 1.82) is 0 Å². The maximum Gasteiger partial charge on any atom is 0.307 e. The SMILES string of the molecule is Nc1cc(CC(=O)O)c(C(F)F)c(F)n1. The monoisotopic (exact) mass is 220 g/mol. The molecular formula is C8H7F3N2O2. The number of carboxylic acids is 1. The number of nitrogens with two attached hydrogens (primary N) is 1. The molecule has 0 aromatic carbocycles. The number of aliphatic carboxylic acids is 1. The number of carbonyl (C=O) groups is 1. The van der Waals surface area contributed by atoms with Crippen molar-refractivity contribution in [3.8, 4) is 0 Å². The maximum atomic E-state index is 12.9. The Labute approximate surface area is 82.5 Å². The van der Waals surface area contributed by atoms with Gasteiger partial charge in [0.15, 0.2) is 0 Å². The molecular weight excluding hydrogens is 213 g/mol. The number of rotatable bonds is 3. The molecule has 0 unspecified atom stereocenters. The van der Waals surface area contributed by atoms with Gasteiger partial charge in [-0.15, -0.1) is 0 Å². The first-order valence-electron chi connectivity index (χ1n) is 3.86. The van der Waals surface area contributed by atoms with E-state index in [0.29, 0.717) is 0 Å². The Hall–Kier alpha value is -1.79. The van der Waals surface area contributed by atoms with Crippen molar-refractivity contribution in [3.63, 3.8) is 0 Å². The number of nitrogens with zero attached hydrogens (tertiary/aromatic N) is 1. The van der Waals surface area contributed by atoms with Gasteiger partial charge in [0.1, 0.15) is 5.82 Å². The van der Waals surface area contributed by atoms with Crippen LogP contribution in [0.1, 0.15) is 17.6 Å². The third-order valence-electron chi connectivity index (χ3n) is 1.68. The molecule has 0 bridgehead atoms. The van der Waals surface area contributed by atoms with Gasteiger partial charge >= 0.3 is 5.97 Å². The zero-order valence-corrected chi connectivity index (χ0v) is 7.38. The fourth-order valence-electron chi connectivity index (χ4n) is 1.13. The average molecular weight is 220 g/mol. The molecule has 0 aliphatic rings. The standard InChI is InChI=1S/C8H7F3N2O2/c9-7(10)6-3(2-5(14)15)1-4(12)13-8(6)11/h1,7H,2H2,(H2,12,13)(H,14,15). The summed E-state index contributed by atoms with van der Waals surface area (Å²) in [6.45, 7) is 0. The summed E-state index contributed by atoms with van der Waals surface area (Å²) in [6.07, 6.45) is -3.84. The zero-order chi connectivity index (χ0) is 11.6. The van der Waals surface area contributed by atoms with Crippen LogP contribution in [0, 0.1) is 5.95 Å². The average Bonchev–Trinajstić information content (AvgIpc) is 1.99. The van der Waals surface area contributed by atoms with Crippen molar-refractivity contribution in [1.82, 2.24) is 4.98 Å². The highest BCUT2D eigenvalue weighted by atomic mass is 19.3. The van der Waals surface area contributed by atoms with E-state index in [0.717, 1.165) is 6.07 Å². The fraction of sp³-hybridized carbons (Fsp3) is 0.250. The number of hydrogen-bond donors (Lipinski definition) is 2. The molecule has 0 radical (unpaired) electrons. The summed E-state index contributed by atoms with van der Waals surface area (Å²) in [5.41, 5.74) is 3.75. The molecule has 1 rings (SSSR count). The van der Waals surface area contributed by atoms with Crippen LogP contribution in [-0.4, -0.2) is 16.1 Å². The van der Waals surface area contributed by atoms with Crippen LogP contribution >= 0.6 is 0 Å². The molecule has 0 aliphatic heterocycles. The lowest BCUT2D eigenvalue weighted by Gasteiger charge is -2.08. The lowest BCUT2D eigenvalue weighted by molar-refractivity contribution is -0.136. The first kappa shape index (κ1) is 11.3. The van der Waals surface area contributed by atoms with Crippen LogP contribution in [0.2, 0.25) is 0 Å². The van der Waals surface area contributed by atoms with Gasteiger partial charge < -0.3 is 10.8 Å². The van der Waals surface area contributed by atoms with Gasteiger partial charge in [-0.1, -0.05) is 0 Å². The van der Waals surface area contributed by atoms with E-state index in [1.54, 1.807) is 0 Å². The highest BCUT2D eigenvalue weighted by Gasteiger charge is 2.21. The number of nitrogen functional groups attached to an aromatic ring is 1. The predicted molar refractivity (Wildman–Crippen MR) is 44.9 cm³/mol. The van der Waals surface area contributed by atoms with Gasteiger partial charge in [0.25, 0.3) is 6.43 Å². The molecule has 82 valence electrons. The molecule has 3 N–H and O–H groups in total. The van der Waals surface area contributed by atoms with E-state index in [1.807, 2.05) is 0 Å². The number of carboxylic acid groups (broad SMARTS) is 1. The molecule has 0 fully saturated rings. The van der Waals surface area contributed by atoms with Gasteiger partial charge in [-0.2, -0.15) is 4.39 Å². The summed E-state index contributed by atoms with van der Waals surface area (Å²) in [7, 11) is 0. The molecule has 0 spiro atoms. The summed E-state index contributed by atoms with van der Waals surface area (Å²) in [5.74, 6) is -3.10. The first-order chi connectivity index (χ1) is 6.91. The molecule has 0 saturated heterocycles. The molecule has 1 heterocycles. The summed E-state index contributed by atoms with van der Waals surface area (Å²) in [5, 5.41) is 8.43. The molecule has 4 nitrogen and oxygen atoms in total. The second kappa shape index (κ2) is 4.16. The zero-order valence-electron chi connectivity index (χ0n) is 7.38. The highest BCUT2D eigenvalue weighted by Crippen LogP contribution is 2.26. The Bertz CT molecular complexity index is 396. The second-order valence-corrected chi connectivity index (χ2v) is 2.78. The molecule has 0 amide bonds. The van der Waals surface area contributed by atoms with Crippen LogP contribution < -0.4 is 5.73 Å². The van der Waals surface area contributed by atoms with E-state index in [9.17, 15) is 18.0 Å². The normalized spacial score (nSPS) is 10.7. The van der Waals surface area contributed by atoms with Crippen molar-refractivity contribution in [2.75, 3.05) is 5.73 Å². The van der Waals surface area contributed by atoms with Crippen LogP contribution in [-0.2, 0) is 11.2 Å². The van der Waals surface area contributed by atoms with Gasteiger partial charge in [0, 0.05) is 0 Å². The Morgan fingerprint density at radius 2 is 2.20 bits per heavy atom. The van der Waals surface area contributed by atoms with E-state index in [2.05, 4.69) is 4.98 Å². The summed E-state index contributed by atoms with van der Waals surface area (Å²) >= 11 is 0. The third kappa shape index (κ3) is 2.58. The van der Waals surface area contributed by atoms with Crippen molar-refractivity contribution in [2.45, 2.75) is 12.8 Å². The number of halogens is 3. The Morgan fingerprint density at radius 1 is 1.60 bits per heavy atom. The molecule has 7 heteroatoms. The minimum Gasteiger partial charge on any atom is -0.481 e. The van der Waals surface area contributed by atoms with Crippen molar-refractivity contribution < 1.29 is 23.1 Å². The van der Waals surface area contributed by atoms with Crippen LogP contribution in [0.4, 0.5) is 19.0 Å². The molecule has 0 atom stereocenters. The van der Waals surface area contributed by atoms with Gasteiger partial charge in [0.05, 0.1) is 12.0 Å². The van der Waals surface area contributed by atoms with Crippen molar-refractivity contribution in [3.05, 3.63) is 23.1 Å². The van der Waals surface area contributed by atoms with Gasteiger partial charge in [-0.05, 0) is 11.6 Å². The van der Waals surface area contributed by atoms with E-state index >= 15 is 0 Å². The largest absolute Gasteiger partial charge is 0.481 e. The molecule has 1 aromatic heterocycles. The quantitative estimate of drug-likeness (QED) is 0.754. The Kier molecular flexibility index (Phi) is 3.13. The summed E-state index contributed by atoms with van der Waals surface area (Å²) < 4.78 is 37.7.